The molecule has 0 saturated heterocycles. The lowest BCUT2D eigenvalue weighted by atomic mass is 9.99. The zero-order valence-corrected chi connectivity index (χ0v) is 10.0. The molecular weight excluding hydrogens is 184 g/mol. The molecule has 1 atom stereocenters. The Hall–Kier alpha value is 0.440. The number of allylic oxidation sites excluding steroid dienone is 1. The van der Waals surface area contributed by atoms with Gasteiger partial charge >= 0.3 is 0 Å². The SMILES string of the molecule is CC/C=C(/CSC)C(C)CCS. The van der Waals surface area contributed by atoms with Crippen LogP contribution in [0.25, 0.3) is 0 Å². The second-order valence-corrected chi connectivity index (χ2v) is 4.35. The maximum atomic E-state index is 4.26. The lowest BCUT2D eigenvalue weighted by molar-refractivity contribution is 0.662. The average molecular weight is 204 g/mol. The molecule has 0 N–H and O–H groups in total. The highest BCUT2D eigenvalue weighted by Gasteiger charge is 2.06. The number of thioether (sulfide) groups is 1. The van der Waals surface area contributed by atoms with E-state index in [4.69, 9.17) is 0 Å². The lowest BCUT2D eigenvalue weighted by Crippen LogP contribution is -2.02. The minimum atomic E-state index is 0.717. The zero-order chi connectivity index (χ0) is 9.40. The molecule has 0 spiro atoms. The molecule has 0 aromatic carbocycles. The van der Waals surface area contributed by atoms with Gasteiger partial charge in [-0.05, 0) is 30.8 Å². The maximum Gasteiger partial charge on any atom is 0.0143 e. The summed E-state index contributed by atoms with van der Waals surface area (Å²) in [5.74, 6) is 2.90. The Bertz CT molecular complexity index is 130. The summed E-state index contributed by atoms with van der Waals surface area (Å²) in [7, 11) is 0. The van der Waals surface area contributed by atoms with E-state index in [-0.39, 0.29) is 0 Å². The summed E-state index contributed by atoms with van der Waals surface area (Å²) < 4.78 is 0. The number of hydrogen-bond acceptors (Lipinski definition) is 2. The van der Waals surface area contributed by atoms with Crippen LogP contribution < -0.4 is 0 Å². The summed E-state index contributed by atoms with van der Waals surface area (Å²) in [5.41, 5.74) is 1.60. The minimum Gasteiger partial charge on any atom is -0.179 e. The van der Waals surface area contributed by atoms with Crippen LogP contribution in [-0.4, -0.2) is 17.8 Å². The first-order chi connectivity index (χ1) is 5.76. The Balaban J connectivity index is 3.99. The number of hydrogen-bond donors (Lipinski definition) is 1. The molecule has 0 fully saturated rings. The van der Waals surface area contributed by atoms with Crippen LogP contribution in [0, 0.1) is 5.92 Å². The van der Waals surface area contributed by atoms with E-state index in [1.54, 1.807) is 5.57 Å². The standard InChI is InChI=1S/C10H20S2/c1-4-5-10(8-12-3)9(2)6-7-11/h5,9,11H,4,6-8H2,1-3H3/b10-5-. The van der Waals surface area contributed by atoms with E-state index < -0.39 is 0 Å². The van der Waals surface area contributed by atoms with Gasteiger partial charge in [-0.25, -0.2) is 0 Å². The Morgan fingerprint density at radius 1 is 1.58 bits per heavy atom. The van der Waals surface area contributed by atoms with Crippen LogP contribution in [0.3, 0.4) is 0 Å². The Morgan fingerprint density at radius 3 is 2.67 bits per heavy atom. The molecule has 0 heterocycles. The Labute approximate surface area is 86.6 Å². The molecule has 2 heteroatoms. The van der Waals surface area contributed by atoms with E-state index in [1.807, 2.05) is 11.8 Å². The topological polar surface area (TPSA) is 0 Å². The van der Waals surface area contributed by atoms with Gasteiger partial charge in [-0.15, -0.1) is 0 Å². The van der Waals surface area contributed by atoms with E-state index in [0.29, 0.717) is 0 Å². The van der Waals surface area contributed by atoms with Crippen LogP contribution in [0.15, 0.2) is 11.6 Å². The Kier molecular flexibility index (Phi) is 8.35. The fraction of sp³-hybridized carbons (Fsp3) is 0.800. The monoisotopic (exact) mass is 204 g/mol. The molecule has 0 aromatic heterocycles. The molecule has 0 saturated carbocycles. The first kappa shape index (κ1) is 12.4. The van der Waals surface area contributed by atoms with E-state index in [9.17, 15) is 0 Å². The van der Waals surface area contributed by atoms with Crippen molar-refractivity contribution in [3.63, 3.8) is 0 Å². The fourth-order valence-corrected chi connectivity index (χ4v) is 2.33. The molecule has 12 heavy (non-hydrogen) atoms. The normalized spacial score (nSPS) is 14.8. The summed E-state index contributed by atoms with van der Waals surface area (Å²) in [6.45, 7) is 4.50. The van der Waals surface area contributed by atoms with E-state index >= 15 is 0 Å². The summed E-state index contributed by atoms with van der Waals surface area (Å²) in [4.78, 5) is 0. The highest BCUT2D eigenvalue weighted by molar-refractivity contribution is 7.98. The predicted octanol–water partition coefficient (Wildman–Crippen LogP) is 3.64. The summed E-state index contributed by atoms with van der Waals surface area (Å²) in [6, 6.07) is 0. The number of rotatable bonds is 6. The van der Waals surface area contributed by atoms with E-state index in [2.05, 4.69) is 38.8 Å². The third-order valence-electron chi connectivity index (χ3n) is 1.97. The van der Waals surface area contributed by atoms with Crippen molar-refractivity contribution in [2.24, 2.45) is 5.92 Å². The second kappa shape index (κ2) is 8.06. The zero-order valence-electron chi connectivity index (χ0n) is 8.34. The minimum absolute atomic E-state index is 0.717. The fourth-order valence-electron chi connectivity index (χ4n) is 1.21. The first-order valence-electron chi connectivity index (χ1n) is 4.55. The van der Waals surface area contributed by atoms with Gasteiger partial charge in [0.1, 0.15) is 0 Å². The maximum absolute atomic E-state index is 4.26. The van der Waals surface area contributed by atoms with Gasteiger partial charge in [0.25, 0.3) is 0 Å². The van der Waals surface area contributed by atoms with Crippen LogP contribution in [0.2, 0.25) is 0 Å². The van der Waals surface area contributed by atoms with Crippen molar-refractivity contribution in [2.45, 2.75) is 26.7 Å². The lowest BCUT2D eigenvalue weighted by Gasteiger charge is -2.13. The summed E-state index contributed by atoms with van der Waals surface area (Å²) >= 11 is 6.17. The second-order valence-electron chi connectivity index (χ2n) is 3.03. The van der Waals surface area contributed by atoms with Crippen LogP contribution >= 0.6 is 24.4 Å². The van der Waals surface area contributed by atoms with Crippen molar-refractivity contribution >= 4 is 24.4 Å². The van der Waals surface area contributed by atoms with Crippen LogP contribution in [0.4, 0.5) is 0 Å². The largest absolute Gasteiger partial charge is 0.179 e. The van der Waals surface area contributed by atoms with Gasteiger partial charge in [0.15, 0.2) is 0 Å². The highest BCUT2D eigenvalue weighted by atomic mass is 32.2. The third kappa shape index (κ3) is 5.15. The molecule has 0 rings (SSSR count). The first-order valence-corrected chi connectivity index (χ1v) is 6.57. The molecule has 0 aliphatic carbocycles. The molecule has 1 unspecified atom stereocenters. The molecule has 72 valence electrons. The van der Waals surface area contributed by atoms with Crippen LogP contribution in [0.5, 0.6) is 0 Å². The molecule has 0 amide bonds. The van der Waals surface area contributed by atoms with Crippen LogP contribution in [0.1, 0.15) is 26.7 Å². The summed E-state index contributed by atoms with van der Waals surface area (Å²) in [5, 5.41) is 0. The van der Waals surface area contributed by atoms with Crippen molar-refractivity contribution in [2.75, 3.05) is 17.8 Å². The van der Waals surface area contributed by atoms with Crippen LogP contribution in [-0.2, 0) is 0 Å². The quantitative estimate of drug-likeness (QED) is 0.509. The van der Waals surface area contributed by atoms with E-state index in [1.165, 1.54) is 12.2 Å². The van der Waals surface area contributed by atoms with Gasteiger partial charge in [-0.2, -0.15) is 24.4 Å². The van der Waals surface area contributed by atoms with Gasteiger partial charge in [0.05, 0.1) is 0 Å². The van der Waals surface area contributed by atoms with Crippen molar-refractivity contribution in [1.29, 1.82) is 0 Å². The molecular formula is C10H20S2. The molecule has 0 aliphatic heterocycles. The van der Waals surface area contributed by atoms with Gasteiger partial charge in [0, 0.05) is 5.75 Å². The van der Waals surface area contributed by atoms with Gasteiger partial charge < -0.3 is 0 Å². The molecule has 0 radical (unpaired) electrons. The van der Waals surface area contributed by atoms with Gasteiger partial charge in [0.2, 0.25) is 0 Å². The highest BCUT2D eigenvalue weighted by Crippen LogP contribution is 2.19. The predicted molar refractivity (Wildman–Crippen MR) is 64.4 cm³/mol. The number of thiol groups is 1. The molecule has 0 aromatic rings. The summed E-state index contributed by atoms with van der Waals surface area (Å²) in [6.07, 6.45) is 6.89. The van der Waals surface area contributed by atoms with Gasteiger partial charge in [-0.1, -0.05) is 25.5 Å². The molecule has 0 nitrogen and oxygen atoms in total. The third-order valence-corrected chi connectivity index (χ3v) is 2.85. The average Bonchev–Trinajstić information content (AvgIpc) is 2.04. The van der Waals surface area contributed by atoms with Gasteiger partial charge in [-0.3, -0.25) is 0 Å². The van der Waals surface area contributed by atoms with E-state index in [0.717, 1.165) is 18.1 Å². The molecule has 0 bridgehead atoms. The molecule has 0 aliphatic rings. The Morgan fingerprint density at radius 2 is 2.25 bits per heavy atom. The van der Waals surface area contributed by atoms with Crippen molar-refractivity contribution in [3.05, 3.63) is 11.6 Å². The van der Waals surface area contributed by atoms with Crippen molar-refractivity contribution in [3.8, 4) is 0 Å². The van der Waals surface area contributed by atoms with Crippen molar-refractivity contribution in [1.82, 2.24) is 0 Å². The smallest absolute Gasteiger partial charge is 0.0143 e. The van der Waals surface area contributed by atoms with Crippen molar-refractivity contribution < 1.29 is 0 Å².